The summed E-state index contributed by atoms with van der Waals surface area (Å²) in [5.41, 5.74) is -2.11. The first kappa shape index (κ1) is 22.6. The zero-order chi connectivity index (χ0) is 19.4. The quantitative estimate of drug-likeness (QED) is 0.182. The van der Waals surface area contributed by atoms with Gasteiger partial charge in [-0.2, -0.15) is 0 Å². The summed E-state index contributed by atoms with van der Waals surface area (Å²) < 4.78 is 10.2. The van der Waals surface area contributed by atoms with E-state index in [1.807, 2.05) is 0 Å². The molecule has 0 aliphatic carbocycles. The molecule has 1 rings (SSSR count). The van der Waals surface area contributed by atoms with Crippen LogP contribution in [-0.2, 0) is 9.47 Å². The van der Waals surface area contributed by atoms with Crippen LogP contribution < -0.4 is 0 Å². The second-order valence-corrected chi connectivity index (χ2v) is 5.88. The number of hydrogen-bond acceptors (Lipinski definition) is 12. The third kappa shape index (κ3) is 4.63. The number of hydrogen-bond donors (Lipinski definition) is 10. The Morgan fingerprint density at radius 2 is 1.36 bits per heavy atom. The van der Waals surface area contributed by atoms with Gasteiger partial charge in [0.2, 0.25) is 0 Å². The monoisotopic (exact) mass is 374 g/mol. The Morgan fingerprint density at radius 3 is 1.80 bits per heavy atom. The highest BCUT2D eigenvalue weighted by molar-refractivity contribution is 5.00. The summed E-state index contributed by atoms with van der Waals surface area (Å²) in [5.74, 6) is 0. The molecule has 0 bridgehead atoms. The summed E-state index contributed by atoms with van der Waals surface area (Å²) in [7, 11) is 0. The van der Waals surface area contributed by atoms with Gasteiger partial charge < -0.3 is 60.5 Å². The van der Waals surface area contributed by atoms with Gasteiger partial charge >= 0.3 is 0 Å². The van der Waals surface area contributed by atoms with Crippen molar-refractivity contribution in [2.24, 2.45) is 0 Å². The lowest BCUT2D eigenvalue weighted by Gasteiger charge is -2.48. The van der Waals surface area contributed by atoms with Crippen molar-refractivity contribution in [2.45, 2.75) is 54.6 Å². The van der Waals surface area contributed by atoms with E-state index < -0.39 is 81.0 Å². The minimum absolute atomic E-state index is 0.911. The SMILES string of the molecule is OC[C@@H](O)[C@@H](O[C@@H]1OC(CO)(CO)[C@H](O)[C@H](O)[C@H]1O)[C@H](O)[C@@H](O)CO. The van der Waals surface area contributed by atoms with Crippen LogP contribution in [0.2, 0.25) is 0 Å². The molecule has 1 fully saturated rings. The first-order valence-corrected chi connectivity index (χ1v) is 7.54. The Hall–Kier alpha value is -0.480. The van der Waals surface area contributed by atoms with Gasteiger partial charge in [0.25, 0.3) is 0 Å². The molecule has 12 nitrogen and oxygen atoms in total. The van der Waals surface area contributed by atoms with E-state index in [9.17, 15) is 40.9 Å². The van der Waals surface area contributed by atoms with Crippen LogP contribution in [0.15, 0.2) is 0 Å². The van der Waals surface area contributed by atoms with E-state index in [0.29, 0.717) is 0 Å². The number of ether oxygens (including phenoxy) is 2. The molecule has 8 atom stereocenters. The van der Waals surface area contributed by atoms with E-state index in [2.05, 4.69) is 0 Å². The zero-order valence-corrected chi connectivity index (χ0v) is 13.2. The van der Waals surface area contributed by atoms with Gasteiger partial charge in [-0.25, -0.2) is 0 Å². The summed E-state index contributed by atoms with van der Waals surface area (Å²) in [6.07, 6.45) is -14.9. The predicted octanol–water partition coefficient (Wildman–Crippen LogP) is -6.40. The summed E-state index contributed by atoms with van der Waals surface area (Å²) >= 11 is 0. The second kappa shape index (κ2) is 9.45. The molecule has 0 aromatic carbocycles. The molecule has 0 aromatic rings. The van der Waals surface area contributed by atoms with Crippen molar-refractivity contribution < 1.29 is 60.5 Å². The Labute approximate surface area is 142 Å². The molecule has 25 heavy (non-hydrogen) atoms. The van der Waals surface area contributed by atoms with Crippen molar-refractivity contribution in [1.82, 2.24) is 0 Å². The molecule has 1 aliphatic rings. The highest BCUT2D eigenvalue weighted by Gasteiger charge is 2.54. The maximum absolute atomic E-state index is 9.95. The van der Waals surface area contributed by atoms with E-state index in [-0.39, 0.29) is 0 Å². The van der Waals surface area contributed by atoms with Crippen molar-refractivity contribution in [3.63, 3.8) is 0 Å². The highest BCUT2D eigenvalue weighted by Crippen LogP contribution is 2.31. The molecule has 0 aromatic heterocycles. The van der Waals surface area contributed by atoms with Crippen LogP contribution in [-0.4, -0.2) is 132 Å². The van der Waals surface area contributed by atoms with Crippen LogP contribution in [0.3, 0.4) is 0 Å². The van der Waals surface area contributed by atoms with Crippen LogP contribution in [0.25, 0.3) is 0 Å². The molecule has 12 heteroatoms. The normalized spacial score (nSPS) is 34.3. The summed E-state index contributed by atoms with van der Waals surface area (Å²) in [6.45, 7) is -3.78. The van der Waals surface area contributed by atoms with E-state index >= 15 is 0 Å². The average Bonchev–Trinajstić information content (AvgIpc) is 2.64. The number of rotatable bonds is 9. The van der Waals surface area contributed by atoms with Crippen LogP contribution in [0, 0.1) is 0 Å². The number of aliphatic hydroxyl groups excluding tert-OH is 10. The Morgan fingerprint density at radius 1 is 0.840 bits per heavy atom. The molecule has 10 N–H and O–H groups in total. The van der Waals surface area contributed by atoms with Crippen LogP contribution >= 0.6 is 0 Å². The fourth-order valence-electron chi connectivity index (χ4n) is 2.43. The van der Waals surface area contributed by atoms with E-state index in [0.717, 1.165) is 0 Å². The molecule has 1 saturated heterocycles. The maximum atomic E-state index is 9.95. The minimum atomic E-state index is -2.11. The summed E-state index contributed by atoms with van der Waals surface area (Å²) in [4.78, 5) is 0. The fraction of sp³-hybridized carbons (Fsp3) is 1.00. The Balaban J connectivity index is 3.05. The highest BCUT2D eigenvalue weighted by atomic mass is 16.7. The third-order valence-electron chi connectivity index (χ3n) is 4.15. The molecule has 0 unspecified atom stereocenters. The average molecular weight is 374 g/mol. The maximum Gasteiger partial charge on any atom is 0.187 e. The molecule has 1 aliphatic heterocycles. The van der Waals surface area contributed by atoms with E-state index in [4.69, 9.17) is 19.7 Å². The zero-order valence-electron chi connectivity index (χ0n) is 13.2. The van der Waals surface area contributed by atoms with E-state index in [1.54, 1.807) is 0 Å². The van der Waals surface area contributed by atoms with Crippen molar-refractivity contribution in [3.05, 3.63) is 0 Å². The summed E-state index contributed by atoms with van der Waals surface area (Å²) in [6, 6.07) is 0. The van der Waals surface area contributed by atoms with Gasteiger partial charge in [0.05, 0.1) is 26.4 Å². The molecule has 0 amide bonds. The van der Waals surface area contributed by atoms with Gasteiger partial charge in [0.15, 0.2) is 6.29 Å². The van der Waals surface area contributed by atoms with Gasteiger partial charge in [-0.05, 0) is 0 Å². The predicted molar refractivity (Wildman–Crippen MR) is 76.9 cm³/mol. The molecule has 0 spiro atoms. The van der Waals surface area contributed by atoms with Crippen molar-refractivity contribution in [3.8, 4) is 0 Å². The van der Waals surface area contributed by atoms with Gasteiger partial charge in [-0.1, -0.05) is 0 Å². The molecular formula is C13H26O12. The van der Waals surface area contributed by atoms with Gasteiger partial charge in [-0.3, -0.25) is 0 Å². The smallest absolute Gasteiger partial charge is 0.187 e. The Kier molecular flexibility index (Phi) is 8.53. The fourth-order valence-corrected chi connectivity index (χ4v) is 2.43. The van der Waals surface area contributed by atoms with Crippen molar-refractivity contribution >= 4 is 0 Å². The lowest BCUT2D eigenvalue weighted by atomic mass is 9.87. The minimum Gasteiger partial charge on any atom is -0.394 e. The lowest BCUT2D eigenvalue weighted by Crippen LogP contribution is -2.68. The first-order valence-electron chi connectivity index (χ1n) is 7.54. The lowest BCUT2D eigenvalue weighted by molar-refractivity contribution is -0.362. The number of aliphatic hydroxyl groups is 10. The van der Waals surface area contributed by atoms with Crippen LogP contribution in [0.1, 0.15) is 0 Å². The molecule has 1 heterocycles. The van der Waals surface area contributed by atoms with Crippen LogP contribution in [0.5, 0.6) is 0 Å². The van der Waals surface area contributed by atoms with Gasteiger partial charge in [0, 0.05) is 0 Å². The summed E-state index contributed by atoms with van der Waals surface area (Å²) in [5, 5.41) is 95.4. The molecule has 0 saturated carbocycles. The topological polar surface area (TPSA) is 221 Å². The molecular weight excluding hydrogens is 348 g/mol. The molecule has 0 radical (unpaired) electrons. The molecule has 150 valence electrons. The largest absolute Gasteiger partial charge is 0.394 e. The van der Waals surface area contributed by atoms with Crippen molar-refractivity contribution in [1.29, 1.82) is 0 Å². The standard InChI is InChI=1S/C13H26O12/c14-1-5(18)7(20)10(6(19)2-15)24-12-9(22)8(21)11(23)13(3-16,4-17)25-12/h5-12,14-23H,1-4H2/t5-,6+,7+,8+,9+,10+,11+,12+/m0/s1. The van der Waals surface area contributed by atoms with Gasteiger partial charge in [0.1, 0.15) is 48.3 Å². The van der Waals surface area contributed by atoms with Crippen molar-refractivity contribution in [2.75, 3.05) is 26.4 Å². The van der Waals surface area contributed by atoms with Crippen LogP contribution in [0.4, 0.5) is 0 Å². The third-order valence-corrected chi connectivity index (χ3v) is 4.15. The second-order valence-electron chi connectivity index (χ2n) is 5.88. The first-order chi connectivity index (χ1) is 11.7. The van der Waals surface area contributed by atoms with E-state index in [1.165, 1.54) is 0 Å². The Bertz CT molecular complexity index is 391. The van der Waals surface area contributed by atoms with Gasteiger partial charge in [-0.15, -0.1) is 0 Å².